The van der Waals surface area contributed by atoms with Crippen molar-refractivity contribution in [1.29, 1.82) is 0 Å². The minimum atomic E-state index is -0.238. The van der Waals surface area contributed by atoms with Crippen molar-refractivity contribution in [3.63, 3.8) is 0 Å². The fourth-order valence-electron chi connectivity index (χ4n) is 2.58. The Labute approximate surface area is 162 Å². The lowest BCUT2D eigenvalue weighted by atomic mass is 10.2. The number of hydrogen-bond donors (Lipinski definition) is 1. The lowest BCUT2D eigenvalue weighted by Gasteiger charge is -2.10. The fourth-order valence-corrected chi connectivity index (χ4v) is 3.48. The van der Waals surface area contributed by atoms with Crippen LogP contribution in [0.1, 0.15) is 21.7 Å². The van der Waals surface area contributed by atoms with E-state index in [-0.39, 0.29) is 5.91 Å². The average molecular weight is 383 g/mol. The highest BCUT2D eigenvalue weighted by atomic mass is 32.2. The van der Waals surface area contributed by atoms with Crippen LogP contribution in [-0.2, 0) is 12.3 Å². The maximum Gasteiger partial charge on any atom is 0.287 e. The molecular formula is C21H21NO4S. The highest BCUT2D eigenvalue weighted by Gasteiger charge is 2.15. The second kappa shape index (κ2) is 9.19. The average Bonchev–Trinajstić information content (AvgIpc) is 3.19. The molecule has 5 nitrogen and oxygen atoms in total. The molecule has 0 saturated carbocycles. The van der Waals surface area contributed by atoms with Gasteiger partial charge in [0.15, 0.2) is 17.3 Å². The summed E-state index contributed by atoms with van der Waals surface area (Å²) < 4.78 is 15.9. The maximum absolute atomic E-state index is 12.5. The summed E-state index contributed by atoms with van der Waals surface area (Å²) in [6, 6.07) is 17.4. The minimum absolute atomic E-state index is 0.238. The number of benzene rings is 2. The van der Waals surface area contributed by atoms with E-state index >= 15 is 0 Å². The van der Waals surface area contributed by atoms with Crippen LogP contribution in [0.25, 0.3) is 0 Å². The molecule has 1 N–H and O–H groups in total. The van der Waals surface area contributed by atoms with Gasteiger partial charge < -0.3 is 19.2 Å². The minimum Gasteiger partial charge on any atom is -0.493 e. The monoisotopic (exact) mass is 383 g/mol. The van der Waals surface area contributed by atoms with E-state index in [9.17, 15) is 4.79 Å². The number of methoxy groups -OCH3 is 2. The SMILES string of the molecule is COc1ccc(CNC(=O)c2occc2CSc2ccccc2)cc1OC. The summed E-state index contributed by atoms with van der Waals surface area (Å²) in [5, 5.41) is 2.89. The van der Waals surface area contributed by atoms with Crippen LogP contribution in [0.3, 0.4) is 0 Å². The normalized spacial score (nSPS) is 10.4. The van der Waals surface area contributed by atoms with Crippen LogP contribution < -0.4 is 14.8 Å². The van der Waals surface area contributed by atoms with E-state index in [1.165, 1.54) is 0 Å². The van der Waals surface area contributed by atoms with Gasteiger partial charge in [-0.1, -0.05) is 24.3 Å². The smallest absolute Gasteiger partial charge is 0.287 e. The first-order chi connectivity index (χ1) is 13.2. The van der Waals surface area contributed by atoms with Crippen LogP contribution >= 0.6 is 11.8 Å². The summed E-state index contributed by atoms with van der Waals surface area (Å²) in [7, 11) is 3.17. The molecule has 0 saturated heterocycles. The number of ether oxygens (including phenoxy) is 2. The van der Waals surface area contributed by atoms with Crippen LogP contribution in [0, 0.1) is 0 Å². The molecular weight excluding hydrogens is 362 g/mol. The third kappa shape index (κ3) is 4.86. The predicted molar refractivity (Wildman–Crippen MR) is 105 cm³/mol. The highest BCUT2D eigenvalue weighted by molar-refractivity contribution is 7.98. The lowest BCUT2D eigenvalue weighted by molar-refractivity contribution is 0.0922. The Morgan fingerprint density at radius 2 is 1.81 bits per heavy atom. The molecule has 0 unspecified atom stereocenters. The number of furan rings is 1. The summed E-state index contributed by atoms with van der Waals surface area (Å²) in [6.45, 7) is 0.366. The second-order valence-corrected chi connectivity index (χ2v) is 6.80. The van der Waals surface area contributed by atoms with E-state index in [0.29, 0.717) is 29.6 Å². The number of amides is 1. The molecule has 0 aliphatic rings. The van der Waals surface area contributed by atoms with Gasteiger partial charge in [0.05, 0.1) is 20.5 Å². The number of thioether (sulfide) groups is 1. The zero-order chi connectivity index (χ0) is 19.1. The predicted octanol–water partition coefficient (Wildman–Crippen LogP) is 4.52. The standard InChI is InChI=1S/C21H21NO4S/c1-24-18-9-8-15(12-19(18)25-2)13-22-21(23)20-16(10-11-26-20)14-27-17-6-4-3-5-7-17/h3-12H,13-14H2,1-2H3,(H,22,23). The molecule has 0 aliphatic heterocycles. The number of carbonyl (C=O) groups is 1. The van der Waals surface area contributed by atoms with Gasteiger partial charge >= 0.3 is 0 Å². The van der Waals surface area contributed by atoms with Gasteiger partial charge in [-0.3, -0.25) is 4.79 Å². The van der Waals surface area contributed by atoms with E-state index in [0.717, 1.165) is 16.0 Å². The zero-order valence-corrected chi connectivity index (χ0v) is 16.0. The largest absolute Gasteiger partial charge is 0.493 e. The Kier molecular flexibility index (Phi) is 6.44. The topological polar surface area (TPSA) is 60.7 Å². The van der Waals surface area contributed by atoms with Crippen LogP contribution in [0.4, 0.5) is 0 Å². The van der Waals surface area contributed by atoms with Crippen molar-refractivity contribution in [2.24, 2.45) is 0 Å². The van der Waals surface area contributed by atoms with Gasteiger partial charge in [-0.25, -0.2) is 0 Å². The first kappa shape index (κ1) is 18.9. The molecule has 3 aromatic rings. The first-order valence-electron chi connectivity index (χ1n) is 8.44. The van der Waals surface area contributed by atoms with Crippen LogP contribution in [0.15, 0.2) is 70.2 Å². The van der Waals surface area contributed by atoms with Gasteiger partial charge in [0.25, 0.3) is 5.91 Å². The van der Waals surface area contributed by atoms with E-state index in [4.69, 9.17) is 13.9 Å². The quantitative estimate of drug-likeness (QED) is 0.580. The summed E-state index contributed by atoms with van der Waals surface area (Å²) >= 11 is 1.66. The Morgan fingerprint density at radius 3 is 2.56 bits per heavy atom. The number of nitrogens with one attached hydrogen (secondary N) is 1. The zero-order valence-electron chi connectivity index (χ0n) is 15.2. The number of rotatable bonds is 8. The van der Waals surface area contributed by atoms with Crippen molar-refractivity contribution in [3.8, 4) is 11.5 Å². The van der Waals surface area contributed by atoms with Crippen molar-refractivity contribution < 1.29 is 18.7 Å². The molecule has 0 fully saturated rings. The molecule has 0 aliphatic carbocycles. The molecule has 2 aromatic carbocycles. The number of hydrogen-bond acceptors (Lipinski definition) is 5. The molecule has 1 amide bonds. The molecule has 6 heteroatoms. The summed E-state index contributed by atoms with van der Waals surface area (Å²) in [5.74, 6) is 2.05. The molecule has 0 spiro atoms. The number of carbonyl (C=O) groups excluding carboxylic acids is 1. The third-order valence-corrected chi connectivity index (χ3v) is 5.05. The van der Waals surface area contributed by atoms with Gasteiger partial charge in [0.1, 0.15) is 0 Å². The molecule has 0 radical (unpaired) electrons. The van der Waals surface area contributed by atoms with Crippen molar-refractivity contribution in [2.75, 3.05) is 14.2 Å². The first-order valence-corrected chi connectivity index (χ1v) is 9.43. The Bertz CT molecular complexity index is 892. The molecule has 3 rings (SSSR count). The van der Waals surface area contributed by atoms with E-state index in [1.54, 1.807) is 32.2 Å². The summed E-state index contributed by atoms with van der Waals surface area (Å²) in [5.41, 5.74) is 1.78. The van der Waals surface area contributed by atoms with Crippen LogP contribution in [-0.4, -0.2) is 20.1 Å². The Morgan fingerprint density at radius 1 is 1.04 bits per heavy atom. The van der Waals surface area contributed by atoms with Gasteiger partial charge in [0.2, 0.25) is 0 Å². The van der Waals surface area contributed by atoms with Crippen molar-refractivity contribution >= 4 is 17.7 Å². The summed E-state index contributed by atoms with van der Waals surface area (Å²) in [6.07, 6.45) is 1.55. The Hall–Kier alpha value is -2.86. The van der Waals surface area contributed by atoms with Crippen molar-refractivity contribution in [2.45, 2.75) is 17.2 Å². The van der Waals surface area contributed by atoms with Crippen LogP contribution in [0.5, 0.6) is 11.5 Å². The van der Waals surface area contributed by atoms with Gasteiger partial charge in [-0.15, -0.1) is 11.8 Å². The molecule has 1 aromatic heterocycles. The van der Waals surface area contributed by atoms with Gasteiger partial charge in [-0.05, 0) is 35.9 Å². The maximum atomic E-state index is 12.5. The molecule has 1 heterocycles. The van der Waals surface area contributed by atoms with E-state index in [2.05, 4.69) is 5.32 Å². The van der Waals surface area contributed by atoms with Gasteiger partial charge in [0, 0.05) is 22.8 Å². The highest BCUT2D eigenvalue weighted by Crippen LogP contribution is 2.28. The summed E-state index contributed by atoms with van der Waals surface area (Å²) in [4.78, 5) is 13.7. The van der Waals surface area contributed by atoms with Crippen molar-refractivity contribution in [3.05, 3.63) is 77.7 Å². The molecule has 0 bridgehead atoms. The lowest BCUT2D eigenvalue weighted by Crippen LogP contribution is -2.23. The van der Waals surface area contributed by atoms with Crippen LogP contribution in [0.2, 0.25) is 0 Å². The molecule has 0 atom stereocenters. The molecule has 27 heavy (non-hydrogen) atoms. The van der Waals surface area contributed by atoms with Gasteiger partial charge in [-0.2, -0.15) is 0 Å². The fraction of sp³-hybridized carbons (Fsp3) is 0.190. The third-order valence-electron chi connectivity index (χ3n) is 3.99. The van der Waals surface area contributed by atoms with E-state index < -0.39 is 0 Å². The second-order valence-electron chi connectivity index (χ2n) is 5.75. The van der Waals surface area contributed by atoms with Crippen molar-refractivity contribution in [1.82, 2.24) is 5.32 Å². The Balaban J connectivity index is 1.61. The van der Waals surface area contributed by atoms with E-state index in [1.807, 2.05) is 54.6 Å². The molecule has 140 valence electrons.